The quantitative estimate of drug-likeness (QED) is 0.159. The summed E-state index contributed by atoms with van der Waals surface area (Å²) in [6.07, 6.45) is 0.0562. The number of carbonyl (C=O) groups excluding carboxylic acids is 1. The van der Waals surface area contributed by atoms with E-state index in [-0.39, 0.29) is 24.6 Å². The fourth-order valence-corrected chi connectivity index (χ4v) is 6.09. The molecule has 0 saturated carbocycles. The van der Waals surface area contributed by atoms with Gasteiger partial charge in [-0.2, -0.15) is 5.10 Å². The smallest absolute Gasteiger partial charge is 0.224 e. The van der Waals surface area contributed by atoms with Gasteiger partial charge < -0.3 is 16.2 Å². The van der Waals surface area contributed by atoms with Gasteiger partial charge >= 0.3 is 0 Å². The van der Waals surface area contributed by atoms with Crippen LogP contribution >= 0.6 is 11.6 Å². The molecular formula is C38H32ClF2N5O2. The third kappa shape index (κ3) is 7.15. The normalized spacial score (nSPS) is 12.1. The van der Waals surface area contributed by atoms with E-state index in [0.29, 0.717) is 44.0 Å². The second-order valence-electron chi connectivity index (χ2n) is 12.2. The van der Waals surface area contributed by atoms with Crippen molar-refractivity contribution in [3.63, 3.8) is 0 Å². The number of amides is 1. The van der Waals surface area contributed by atoms with Crippen LogP contribution in [0.3, 0.4) is 0 Å². The van der Waals surface area contributed by atoms with Crippen molar-refractivity contribution in [3.05, 3.63) is 124 Å². The van der Waals surface area contributed by atoms with Crippen molar-refractivity contribution in [1.29, 1.82) is 0 Å². The SMILES string of the molecule is Cn1nc(N)c2c(Cl)ccc(-c3ccc(C#CC(C)(C)O)nc3[C@H](Cc3cc(F)cc(F)c3)NC(=O)Cc3ccc4ccccc4c3)c21. The molecule has 6 aromatic rings. The Kier molecular flexibility index (Phi) is 8.89. The van der Waals surface area contributed by atoms with Crippen molar-refractivity contribution in [1.82, 2.24) is 20.1 Å². The Morgan fingerprint density at radius 1 is 0.979 bits per heavy atom. The third-order valence-corrected chi connectivity index (χ3v) is 8.20. The Bertz CT molecular complexity index is 2250. The first-order valence-corrected chi connectivity index (χ1v) is 15.6. The maximum atomic E-state index is 14.4. The number of aliphatic hydroxyl groups is 1. The summed E-state index contributed by atoms with van der Waals surface area (Å²) in [7, 11) is 1.74. The number of benzene rings is 4. The largest absolute Gasteiger partial charge is 0.382 e. The molecule has 242 valence electrons. The predicted octanol–water partition coefficient (Wildman–Crippen LogP) is 7.07. The Labute approximate surface area is 281 Å². The van der Waals surface area contributed by atoms with E-state index in [4.69, 9.17) is 22.3 Å². The molecule has 2 aromatic heterocycles. The van der Waals surface area contributed by atoms with Gasteiger partial charge in [-0.15, -0.1) is 0 Å². The summed E-state index contributed by atoms with van der Waals surface area (Å²) in [5.74, 6) is 4.13. The van der Waals surface area contributed by atoms with Crippen molar-refractivity contribution >= 4 is 45.0 Å². The number of nitrogens with two attached hydrogens (primary N) is 1. The van der Waals surface area contributed by atoms with Crippen molar-refractivity contribution in [2.75, 3.05) is 5.73 Å². The monoisotopic (exact) mass is 663 g/mol. The van der Waals surface area contributed by atoms with Crippen LogP contribution in [0, 0.1) is 23.5 Å². The van der Waals surface area contributed by atoms with E-state index in [1.165, 1.54) is 12.1 Å². The van der Waals surface area contributed by atoms with Crippen LogP contribution in [0.2, 0.25) is 5.02 Å². The number of nitrogens with one attached hydrogen (secondary N) is 1. The number of hydrogen-bond donors (Lipinski definition) is 3. The number of hydrogen-bond acceptors (Lipinski definition) is 5. The van der Waals surface area contributed by atoms with Crippen LogP contribution in [0.15, 0.2) is 84.9 Å². The van der Waals surface area contributed by atoms with Crippen molar-refractivity contribution in [2.24, 2.45) is 7.05 Å². The number of aryl methyl sites for hydroxylation is 1. The lowest BCUT2D eigenvalue weighted by Gasteiger charge is -2.23. The maximum Gasteiger partial charge on any atom is 0.224 e. The molecule has 0 bridgehead atoms. The molecule has 4 N–H and O–H groups in total. The Morgan fingerprint density at radius 3 is 2.42 bits per heavy atom. The lowest BCUT2D eigenvalue weighted by Crippen LogP contribution is -2.32. The number of nitrogens with zero attached hydrogens (tertiary/aromatic N) is 3. The summed E-state index contributed by atoms with van der Waals surface area (Å²) in [5.41, 5.74) is 8.67. The summed E-state index contributed by atoms with van der Waals surface area (Å²) >= 11 is 6.55. The van der Waals surface area contributed by atoms with Gasteiger partial charge in [0.2, 0.25) is 5.91 Å². The summed E-state index contributed by atoms with van der Waals surface area (Å²) in [4.78, 5) is 18.6. The highest BCUT2D eigenvalue weighted by molar-refractivity contribution is 6.37. The Morgan fingerprint density at radius 2 is 1.69 bits per heavy atom. The molecule has 10 heteroatoms. The average molecular weight is 664 g/mol. The van der Waals surface area contributed by atoms with Crippen LogP contribution in [-0.2, 0) is 24.7 Å². The van der Waals surface area contributed by atoms with Crippen LogP contribution < -0.4 is 11.1 Å². The van der Waals surface area contributed by atoms with Gasteiger partial charge in [0.05, 0.1) is 34.1 Å². The average Bonchev–Trinajstić information content (AvgIpc) is 3.33. The van der Waals surface area contributed by atoms with E-state index in [9.17, 15) is 18.7 Å². The van der Waals surface area contributed by atoms with E-state index in [1.54, 1.807) is 43.8 Å². The topological polar surface area (TPSA) is 106 Å². The molecule has 1 atom stereocenters. The molecule has 0 aliphatic rings. The van der Waals surface area contributed by atoms with Gasteiger partial charge in [-0.25, -0.2) is 13.8 Å². The zero-order valence-corrected chi connectivity index (χ0v) is 27.2. The number of carbonyl (C=O) groups is 1. The molecule has 0 fully saturated rings. The molecule has 0 aliphatic carbocycles. The van der Waals surface area contributed by atoms with Crippen LogP contribution in [0.1, 0.15) is 42.4 Å². The van der Waals surface area contributed by atoms with Crippen molar-refractivity contribution in [2.45, 2.75) is 38.3 Å². The van der Waals surface area contributed by atoms with Gasteiger partial charge in [-0.1, -0.05) is 66.1 Å². The molecule has 0 radical (unpaired) electrons. The van der Waals surface area contributed by atoms with Gasteiger partial charge in [0, 0.05) is 24.2 Å². The highest BCUT2D eigenvalue weighted by atomic mass is 35.5. The molecule has 48 heavy (non-hydrogen) atoms. The van der Waals surface area contributed by atoms with Crippen molar-refractivity contribution in [3.8, 4) is 23.0 Å². The number of rotatable bonds is 7. The highest BCUT2D eigenvalue weighted by Crippen LogP contribution is 2.39. The number of nitrogen functional groups attached to an aromatic ring is 1. The van der Waals surface area contributed by atoms with Crippen molar-refractivity contribution < 1.29 is 18.7 Å². The fourth-order valence-electron chi connectivity index (χ4n) is 5.84. The minimum atomic E-state index is -1.29. The van der Waals surface area contributed by atoms with Gasteiger partial charge in [-0.3, -0.25) is 9.48 Å². The first-order chi connectivity index (χ1) is 22.8. The third-order valence-electron chi connectivity index (χ3n) is 7.88. The minimum Gasteiger partial charge on any atom is -0.382 e. The zero-order chi connectivity index (χ0) is 34.2. The molecule has 2 heterocycles. The van der Waals surface area contributed by atoms with E-state index >= 15 is 0 Å². The summed E-state index contributed by atoms with van der Waals surface area (Å²) in [6.45, 7) is 3.11. The lowest BCUT2D eigenvalue weighted by molar-refractivity contribution is -0.121. The second kappa shape index (κ2) is 13.1. The number of halogens is 3. The number of anilines is 1. The maximum absolute atomic E-state index is 14.4. The van der Waals surface area contributed by atoms with Crippen LogP contribution in [-0.4, -0.2) is 31.4 Å². The molecule has 0 aliphatic heterocycles. The van der Waals surface area contributed by atoms with E-state index in [1.807, 2.05) is 48.5 Å². The molecule has 4 aromatic carbocycles. The molecule has 1 amide bonds. The number of fused-ring (bicyclic) bond motifs is 2. The fraction of sp³-hybridized carbons (Fsp3) is 0.184. The highest BCUT2D eigenvalue weighted by Gasteiger charge is 2.25. The lowest BCUT2D eigenvalue weighted by atomic mass is 9.93. The molecule has 7 nitrogen and oxygen atoms in total. The molecule has 0 spiro atoms. The summed E-state index contributed by atoms with van der Waals surface area (Å²) < 4.78 is 30.5. The standard InChI is InChI=1S/C38H32ClF2N5O2/c1-38(2,48)15-14-28-10-11-29(30-12-13-31(39)34-36(30)46(3)45-37(34)42)35(43-28)32(19-23-17-26(40)21-27(41)18-23)44-33(47)20-22-8-9-24-6-4-5-7-25(24)16-22/h4-13,16-18,21,32,48H,19-20H2,1-3H3,(H2,42,45)(H,44,47)/t32-/m0/s1. The molecule has 0 unspecified atom stereocenters. The molecule has 0 saturated heterocycles. The van der Waals surface area contributed by atoms with Crippen LogP contribution in [0.25, 0.3) is 32.8 Å². The van der Waals surface area contributed by atoms with E-state index < -0.39 is 23.3 Å². The van der Waals surface area contributed by atoms with Gasteiger partial charge in [0.25, 0.3) is 0 Å². The van der Waals surface area contributed by atoms with Gasteiger partial charge in [0.15, 0.2) is 5.82 Å². The molecule has 6 rings (SSSR count). The summed E-state index contributed by atoms with van der Waals surface area (Å²) in [6, 6.07) is 23.1. The van der Waals surface area contributed by atoms with Gasteiger partial charge in [0.1, 0.15) is 22.9 Å². The number of aromatic nitrogens is 3. The minimum absolute atomic E-state index is 0.00474. The van der Waals surface area contributed by atoms with Crippen LogP contribution in [0.5, 0.6) is 0 Å². The summed E-state index contributed by atoms with van der Waals surface area (Å²) in [5, 5.41) is 20.8. The number of pyridine rings is 1. The van der Waals surface area contributed by atoms with Crippen LogP contribution in [0.4, 0.5) is 14.6 Å². The first-order valence-electron chi connectivity index (χ1n) is 15.2. The second-order valence-corrected chi connectivity index (χ2v) is 12.6. The van der Waals surface area contributed by atoms with E-state index in [2.05, 4.69) is 22.3 Å². The van der Waals surface area contributed by atoms with E-state index in [0.717, 1.165) is 22.4 Å². The predicted molar refractivity (Wildman–Crippen MR) is 185 cm³/mol. The Balaban J connectivity index is 1.50. The van der Waals surface area contributed by atoms with Gasteiger partial charge in [-0.05, 0) is 78.4 Å². The Hall–Kier alpha value is -5.30. The molecular weight excluding hydrogens is 632 g/mol. The zero-order valence-electron chi connectivity index (χ0n) is 26.5. The first kappa shape index (κ1) is 32.6.